The molecule has 0 aromatic rings. The average molecular weight is 126 g/mol. The first-order valence-electron chi connectivity index (χ1n) is 3.47. The molecule has 0 aromatic carbocycles. The van der Waals surface area contributed by atoms with Crippen LogP contribution in [-0.4, -0.2) is 17.5 Å². The number of ketones is 1. The molecule has 1 aliphatic heterocycles. The number of ether oxygens (including phenoxy) is 1. The highest BCUT2D eigenvalue weighted by molar-refractivity contribution is 5.92. The standard InChI is InChI=1S/C7H10O2/c1-5-7(9-5)4-2-3-6(7)8/h5H,2-4H2,1H3. The molecule has 2 aliphatic rings. The summed E-state index contributed by atoms with van der Waals surface area (Å²) in [7, 11) is 0. The van der Waals surface area contributed by atoms with E-state index < -0.39 is 0 Å². The smallest absolute Gasteiger partial charge is 0.167 e. The number of hydrogen-bond acceptors (Lipinski definition) is 2. The summed E-state index contributed by atoms with van der Waals surface area (Å²) in [5.74, 6) is 0.329. The van der Waals surface area contributed by atoms with E-state index in [4.69, 9.17) is 4.74 Å². The number of carbonyl (C=O) groups excluding carboxylic acids is 1. The van der Waals surface area contributed by atoms with Crippen LogP contribution < -0.4 is 0 Å². The first kappa shape index (κ1) is 5.42. The molecule has 1 aliphatic carbocycles. The third kappa shape index (κ3) is 0.517. The van der Waals surface area contributed by atoms with Crippen molar-refractivity contribution in [3.63, 3.8) is 0 Å². The molecule has 1 saturated carbocycles. The fourth-order valence-electron chi connectivity index (χ4n) is 1.70. The van der Waals surface area contributed by atoms with Gasteiger partial charge < -0.3 is 4.74 Å². The van der Waals surface area contributed by atoms with Crippen molar-refractivity contribution in [1.29, 1.82) is 0 Å². The van der Waals surface area contributed by atoms with Crippen molar-refractivity contribution in [2.75, 3.05) is 0 Å². The highest BCUT2D eigenvalue weighted by Gasteiger charge is 2.60. The van der Waals surface area contributed by atoms with Gasteiger partial charge in [-0.15, -0.1) is 0 Å². The molecule has 0 aromatic heterocycles. The lowest BCUT2D eigenvalue weighted by molar-refractivity contribution is -0.121. The Morgan fingerprint density at radius 2 is 2.44 bits per heavy atom. The molecule has 1 spiro atoms. The maximum atomic E-state index is 11.0. The van der Waals surface area contributed by atoms with Crippen LogP contribution in [0.1, 0.15) is 26.2 Å². The molecule has 50 valence electrons. The van der Waals surface area contributed by atoms with Crippen LogP contribution in [0, 0.1) is 0 Å². The lowest BCUT2D eigenvalue weighted by atomic mass is 10.0. The fourth-order valence-corrected chi connectivity index (χ4v) is 1.70. The number of Topliss-reactive ketones (excluding diaryl/α,β-unsaturated/α-hetero) is 1. The molecule has 0 amide bonds. The van der Waals surface area contributed by atoms with Crippen LogP contribution in [0.3, 0.4) is 0 Å². The molecule has 9 heavy (non-hydrogen) atoms. The van der Waals surface area contributed by atoms with E-state index in [1.54, 1.807) is 0 Å². The van der Waals surface area contributed by atoms with Gasteiger partial charge in [-0.1, -0.05) is 0 Å². The van der Waals surface area contributed by atoms with Crippen molar-refractivity contribution in [2.24, 2.45) is 0 Å². The molecule has 1 heterocycles. The van der Waals surface area contributed by atoms with Gasteiger partial charge >= 0.3 is 0 Å². The Hall–Kier alpha value is -0.370. The molecule has 0 N–H and O–H groups in total. The number of epoxide rings is 1. The molecule has 1 saturated heterocycles. The Bertz CT molecular complexity index is 164. The van der Waals surface area contributed by atoms with Crippen LogP contribution in [0.4, 0.5) is 0 Å². The van der Waals surface area contributed by atoms with Crippen LogP contribution >= 0.6 is 0 Å². The highest BCUT2D eigenvalue weighted by Crippen LogP contribution is 2.46. The minimum absolute atomic E-state index is 0.215. The summed E-state index contributed by atoms with van der Waals surface area (Å²) in [6, 6.07) is 0. The van der Waals surface area contributed by atoms with E-state index in [0.717, 1.165) is 19.3 Å². The second kappa shape index (κ2) is 1.37. The van der Waals surface area contributed by atoms with E-state index in [1.807, 2.05) is 6.92 Å². The lowest BCUT2D eigenvalue weighted by Crippen LogP contribution is -2.18. The molecule has 2 atom stereocenters. The Labute approximate surface area is 54.2 Å². The summed E-state index contributed by atoms with van der Waals surface area (Å²) in [5.41, 5.74) is -0.278. The maximum absolute atomic E-state index is 11.0. The minimum atomic E-state index is -0.278. The molecule has 2 unspecified atom stereocenters. The molecular weight excluding hydrogens is 116 g/mol. The van der Waals surface area contributed by atoms with Gasteiger partial charge in [-0.05, 0) is 19.8 Å². The number of carbonyl (C=O) groups is 1. The fraction of sp³-hybridized carbons (Fsp3) is 0.857. The van der Waals surface area contributed by atoms with Crippen molar-refractivity contribution in [2.45, 2.75) is 37.9 Å². The summed E-state index contributed by atoms with van der Waals surface area (Å²) >= 11 is 0. The summed E-state index contributed by atoms with van der Waals surface area (Å²) in [5, 5.41) is 0. The van der Waals surface area contributed by atoms with Gasteiger partial charge in [0.15, 0.2) is 11.4 Å². The lowest BCUT2D eigenvalue weighted by Gasteiger charge is -1.94. The summed E-state index contributed by atoms with van der Waals surface area (Å²) < 4.78 is 5.23. The van der Waals surface area contributed by atoms with E-state index in [2.05, 4.69) is 0 Å². The van der Waals surface area contributed by atoms with Crippen LogP contribution in [-0.2, 0) is 9.53 Å². The normalized spacial score (nSPS) is 48.6. The molecule has 2 rings (SSSR count). The predicted molar refractivity (Wildman–Crippen MR) is 32.1 cm³/mol. The van der Waals surface area contributed by atoms with Crippen molar-refractivity contribution in [1.82, 2.24) is 0 Å². The van der Waals surface area contributed by atoms with E-state index in [1.165, 1.54) is 0 Å². The summed E-state index contributed by atoms with van der Waals surface area (Å²) in [4.78, 5) is 11.0. The van der Waals surface area contributed by atoms with Gasteiger partial charge in [0.25, 0.3) is 0 Å². The van der Waals surface area contributed by atoms with E-state index in [0.29, 0.717) is 5.78 Å². The van der Waals surface area contributed by atoms with Gasteiger partial charge in [-0.3, -0.25) is 4.79 Å². The minimum Gasteiger partial charge on any atom is -0.358 e. The highest BCUT2D eigenvalue weighted by atomic mass is 16.6. The van der Waals surface area contributed by atoms with Crippen LogP contribution in [0.15, 0.2) is 0 Å². The van der Waals surface area contributed by atoms with Crippen LogP contribution in [0.2, 0.25) is 0 Å². The zero-order chi connectivity index (χ0) is 6.48. The van der Waals surface area contributed by atoms with Gasteiger partial charge in [0.2, 0.25) is 0 Å². The second-order valence-corrected chi connectivity index (χ2v) is 2.93. The monoisotopic (exact) mass is 126 g/mol. The van der Waals surface area contributed by atoms with E-state index in [-0.39, 0.29) is 11.7 Å². The van der Waals surface area contributed by atoms with Crippen molar-refractivity contribution in [3.8, 4) is 0 Å². The Morgan fingerprint density at radius 1 is 1.78 bits per heavy atom. The summed E-state index contributed by atoms with van der Waals surface area (Å²) in [6.45, 7) is 1.98. The third-order valence-corrected chi connectivity index (χ3v) is 2.41. The zero-order valence-electron chi connectivity index (χ0n) is 5.52. The zero-order valence-corrected chi connectivity index (χ0v) is 5.52. The molecule has 2 heteroatoms. The number of hydrogen-bond donors (Lipinski definition) is 0. The topological polar surface area (TPSA) is 29.6 Å². The second-order valence-electron chi connectivity index (χ2n) is 2.93. The van der Waals surface area contributed by atoms with Gasteiger partial charge in [-0.25, -0.2) is 0 Å². The van der Waals surface area contributed by atoms with Crippen LogP contribution in [0.25, 0.3) is 0 Å². The first-order chi connectivity index (χ1) is 4.26. The Kier molecular flexibility index (Phi) is 0.826. The van der Waals surface area contributed by atoms with E-state index in [9.17, 15) is 4.79 Å². The van der Waals surface area contributed by atoms with Gasteiger partial charge in [0.05, 0.1) is 6.10 Å². The third-order valence-electron chi connectivity index (χ3n) is 2.41. The summed E-state index contributed by atoms with van der Waals surface area (Å²) in [6.07, 6.45) is 2.95. The Balaban J connectivity index is 2.21. The first-order valence-corrected chi connectivity index (χ1v) is 3.47. The maximum Gasteiger partial charge on any atom is 0.167 e. The average Bonchev–Trinajstić information content (AvgIpc) is 2.29. The molecule has 0 radical (unpaired) electrons. The van der Waals surface area contributed by atoms with Crippen molar-refractivity contribution >= 4 is 5.78 Å². The quantitative estimate of drug-likeness (QED) is 0.451. The van der Waals surface area contributed by atoms with E-state index >= 15 is 0 Å². The Morgan fingerprint density at radius 3 is 2.67 bits per heavy atom. The van der Waals surface area contributed by atoms with Crippen molar-refractivity contribution < 1.29 is 9.53 Å². The van der Waals surface area contributed by atoms with Crippen molar-refractivity contribution in [3.05, 3.63) is 0 Å². The molecular formula is C7H10O2. The molecule has 2 fully saturated rings. The molecule has 0 bridgehead atoms. The van der Waals surface area contributed by atoms with Gasteiger partial charge in [0.1, 0.15) is 0 Å². The predicted octanol–water partition coefficient (Wildman–Crippen LogP) is 0.897. The largest absolute Gasteiger partial charge is 0.358 e. The number of rotatable bonds is 0. The van der Waals surface area contributed by atoms with Gasteiger partial charge in [-0.2, -0.15) is 0 Å². The molecule has 2 nitrogen and oxygen atoms in total. The van der Waals surface area contributed by atoms with Gasteiger partial charge in [0, 0.05) is 6.42 Å². The SMILES string of the molecule is CC1OC12CCCC2=O. The van der Waals surface area contributed by atoms with Crippen LogP contribution in [0.5, 0.6) is 0 Å².